The molecule has 3 aromatic rings. The zero-order chi connectivity index (χ0) is 21.3. The second-order valence-corrected chi connectivity index (χ2v) is 7.80. The molecule has 0 bridgehead atoms. The van der Waals surface area contributed by atoms with Crippen molar-refractivity contribution in [1.29, 1.82) is 0 Å². The van der Waals surface area contributed by atoms with E-state index in [1.165, 1.54) is 11.8 Å². The zero-order valence-corrected chi connectivity index (χ0v) is 18.0. The quantitative estimate of drug-likeness (QED) is 0.494. The van der Waals surface area contributed by atoms with E-state index in [9.17, 15) is 9.59 Å². The van der Waals surface area contributed by atoms with E-state index in [0.29, 0.717) is 34.7 Å². The maximum Gasteiger partial charge on any atom is 0.234 e. The first-order chi connectivity index (χ1) is 14.5. The molecule has 0 spiro atoms. The third-order valence-corrected chi connectivity index (χ3v) is 5.44. The topological polar surface area (TPSA) is 88.9 Å². The molecule has 1 aromatic heterocycles. The largest absolute Gasteiger partial charge is 0.349 e. The number of benzene rings is 2. The van der Waals surface area contributed by atoms with E-state index >= 15 is 0 Å². The molecule has 156 valence electrons. The van der Waals surface area contributed by atoms with Crippen LogP contribution in [0.2, 0.25) is 5.02 Å². The molecule has 2 aromatic carbocycles. The Kier molecular flexibility index (Phi) is 7.87. The standard InChI is InChI=1S/C21H22ClN5O2S/c1-2-27-18(13-23-19(28)12-15-6-4-3-5-7-15)25-26-21(27)30-14-20(29)24-17-10-8-16(22)9-11-17/h3-11H,2,12-14H2,1H3,(H,23,28)(H,24,29). The van der Waals surface area contributed by atoms with Gasteiger partial charge in [0.2, 0.25) is 11.8 Å². The summed E-state index contributed by atoms with van der Waals surface area (Å²) in [5.41, 5.74) is 1.64. The maximum atomic E-state index is 12.2. The first-order valence-electron chi connectivity index (χ1n) is 9.46. The molecule has 0 fully saturated rings. The van der Waals surface area contributed by atoms with Crippen molar-refractivity contribution in [2.24, 2.45) is 0 Å². The van der Waals surface area contributed by atoms with E-state index in [4.69, 9.17) is 11.6 Å². The lowest BCUT2D eigenvalue weighted by atomic mass is 10.1. The minimum atomic E-state index is -0.148. The number of amides is 2. The molecule has 9 heteroatoms. The normalized spacial score (nSPS) is 10.6. The van der Waals surface area contributed by atoms with Crippen molar-refractivity contribution >= 4 is 40.9 Å². The fourth-order valence-electron chi connectivity index (χ4n) is 2.76. The van der Waals surface area contributed by atoms with Gasteiger partial charge in [-0.15, -0.1) is 10.2 Å². The molecule has 7 nitrogen and oxygen atoms in total. The summed E-state index contributed by atoms with van der Waals surface area (Å²) < 4.78 is 1.89. The molecule has 30 heavy (non-hydrogen) atoms. The van der Waals surface area contributed by atoms with Crippen molar-refractivity contribution in [3.05, 3.63) is 71.0 Å². The van der Waals surface area contributed by atoms with Crippen molar-refractivity contribution in [1.82, 2.24) is 20.1 Å². The minimum Gasteiger partial charge on any atom is -0.349 e. The molecule has 0 saturated carbocycles. The molecule has 0 saturated heterocycles. The summed E-state index contributed by atoms with van der Waals surface area (Å²) in [5, 5.41) is 15.3. The molecule has 0 unspecified atom stereocenters. The van der Waals surface area contributed by atoms with Crippen LogP contribution in [0.5, 0.6) is 0 Å². The lowest BCUT2D eigenvalue weighted by Crippen LogP contribution is -2.26. The number of halogens is 1. The SMILES string of the molecule is CCn1c(CNC(=O)Cc2ccccc2)nnc1SCC(=O)Nc1ccc(Cl)cc1. The highest BCUT2D eigenvalue weighted by Crippen LogP contribution is 2.18. The number of hydrogen-bond donors (Lipinski definition) is 2. The number of nitrogens with zero attached hydrogens (tertiary/aromatic N) is 3. The van der Waals surface area contributed by atoms with Crippen LogP contribution in [0.15, 0.2) is 59.8 Å². The van der Waals surface area contributed by atoms with Crippen LogP contribution >= 0.6 is 23.4 Å². The van der Waals surface area contributed by atoms with E-state index in [-0.39, 0.29) is 24.1 Å². The Balaban J connectivity index is 1.51. The number of aromatic nitrogens is 3. The maximum absolute atomic E-state index is 12.2. The highest BCUT2D eigenvalue weighted by Gasteiger charge is 2.14. The molecule has 0 aliphatic rings. The average molecular weight is 444 g/mol. The van der Waals surface area contributed by atoms with Gasteiger partial charge in [-0.05, 0) is 36.8 Å². The molecule has 0 aliphatic carbocycles. The Morgan fingerprint density at radius 3 is 2.47 bits per heavy atom. The smallest absolute Gasteiger partial charge is 0.234 e. The fraction of sp³-hybridized carbons (Fsp3) is 0.238. The molecular weight excluding hydrogens is 422 g/mol. The molecule has 0 aliphatic heterocycles. The second kappa shape index (κ2) is 10.8. The highest BCUT2D eigenvalue weighted by atomic mass is 35.5. The Bertz CT molecular complexity index is 992. The number of carbonyl (C=O) groups is 2. The van der Waals surface area contributed by atoms with Gasteiger partial charge in [0.05, 0.1) is 18.7 Å². The van der Waals surface area contributed by atoms with Crippen LogP contribution in [-0.2, 0) is 29.1 Å². The van der Waals surface area contributed by atoms with E-state index < -0.39 is 0 Å². The van der Waals surface area contributed by atoms with Crippen LogP contribution < -0.4 is 10.6 Å². The van der Waals surface area contributed by atoms with Crippen LogP contribution in [-0.4, -0.2) is 32.3 Å². The average Bonchev–Trinajstić information content (AvgIpc) is 3.15. The van der Waals surface area contributed by atoms with Crippen molar-refractivity contribution in [2.75, 3.05) is 11.1 Å². The highest BCUT2D eigenvalue weighted by molar-refractivity contribution is 7.99. The van der Waals surface area contributed by atoms with Gasteiger partial charge in [-0.25, -0.2) is 0 Å². The first kappa shape index (κ1) is 21.9. The molecular formula is C21H22ClN5O2S. The Morgan fingerprint density at radius 1 is 1.03 bits per heavy atom. The lowest BCUT2D eigenvalue weighted by Gasteiger charge is -2.09. The number of thioether (sulfide) groups is 1. The summed E-state index contributed by atoms with van der Waals surface area (Å²) >= 11 is 7.15. The van der Waals surface area contributed by atoms with Crippen molar-refractivity contribution in [3.8, 4) is 0 Å². The van der Waals surface area contributed by atoms with Crippen LogP contribution in [0, 0.1) is 0 Å². The van der Waals surface area contributed by atoms with Gasteiger partial charge in [0.15, 0.2) is 11.0 Å². The van der Waals surface area contributed by atoms with Crippen molar-refractivity contribution < 1.29 is 9.59 Å². The number of hydrogen-bond acceptors (Lipinski definition) is 5. The number of carbonyl (C=O) groups excluding carboxylic acids is 2. The molecule has 0 radical (unpaired) electrons. The third-order valence-electron chi connectivity index (χ3n) is 4.22. The van der Waals surface area contributed by atoms with E-state index in [1.807, 2.05) is 41.8 Å². The lowest BCUT2D eigenvalue weighted by molar-refractivity contribution is -0.120. The number of rotatable bonds is 9. The van der Waals surface area contributed by atoms with Gasteiger partial charge < -0.3 is 15.2 Å². The second-order valence-electron chi connectivity index (χ2n) is 6.43. The fourth-order valence-corrected chi connectivity index (χ4v) is 3.70. The van der Waals surface area contributed by atoms with Gasteiger partial charge >= 0.3 is 0 Å². The Labute approximate surface area is 184 Å². The van der Waals surface area contributed by atoms with Gasteiger partial charge in [-0.1, -0.05) is 53.7 Å². The van der Waals surface area contributed by atoms with E-state index in [2.05, 4.69) is 20.8 Å². The van der Waals surface area contributed by atoms with Gasteiger partial charge in [0.1, 0.15) is 0 Å². The van der Waals surface area contributed by atoms with Crippen LogP contribution in [0.3, 0.4) is 0 Å². The van der Waals surface area contributed by atoms with Gasteiger partial charge in [-0.2, -0.15) is 0 Å². The number of nitrogens with one attached hydrogen (secondary N) is 2. The van der Waals surface area contributed by atoms with E-state index in [0.717, 1.165) is 5.56 Å². The van der Waals surface area contributed by atoms with Crippen LogP contribution in [0.4, 0.5) is 5.69 Å². The van der Waals surface area contributed by atoms with E-state index in [1.54, 1.807) is 24.3 Å². The minimum absolute atomic E-state index is 0.0802. The molecule has 2 N–H and O–H groups in total. The first-order valence-corrected chi connectivity index (χ1v) is 10.8. The molecule has 2 amide bonds. The zero-order valence-electron chi connectivity index (χ0n) is 16.5. The van der Waals surface area contributed by atoms with Gasteiger partial charge in [0, 0.05) is 17.3 Å². The molecule has 3 rings (SSSR count). The molecule has 0 atom stereocenters. The third kappa shape index (κ3) is 6.33. The monoisotopic (exact) mass is 443 g/mol. The van der Waals surface area contributed by atoms with Gasteiger partial charge in [0.25, 0.3) is 0 Å². The number of anilines is 1. The summed E-state index contributed by atoms with van der Waals surface area (Å²) in [4.78, 5) is 24.4. The Hall–Kier alpha value is -2.84. The summed E-state index contributed by atoms with van der Waals surface area (Å²) in [7, 11) is 0. The molecule has 1 heterocycles. The Morgan fingerprint density at radius 2 is 1.77 bits per heavy atom. The van der Waals surface area contributed by atoms with Crippen LogP contribution in [0.1, 0.15) is 18.3 Å². The van der Waals surface area contributed by atoms with Crippen LogP contribution in [0.25, 0.3) is 0 Å². The van der Waals surface area contributed by atoms with Crippen molar-refractivity contribution in [2.45, 2.75) is 31.6 Å². The van der Waals surface area contributed by atoms with Crippen molar-refractivity contribution in [3.63, 3.8) is 0 Å². The summed E-state index contributed by atoms with van der Waals surface area (Å²) in [5.74, 6) is 0.620. The predicted molar refractivity (Wildman–Crippen MR) is 118 cm³/mol. The predicted octanol–water partition coefficient (Wildman–Crippen LogP) is 3.54. The summed E-state index contributed by atoms with van der Waals surface area (Å²) in [6, 6.07) is 16.5. The summed E-state index contributed by atoms with van der Waals surface area (Å²) in [6.45, 7) is 2.89. The van der Waals surface area contributed by atoms with Gasteiger partial charge in [-0.3, -0.25) is 9.59 Å². The summed E-state index contributed by atoms with van der Waals surface area (Å²) in [6.07, 6.45) is 0.313.